The van der Waals surface area contributed by atoms with Crippen LogP contribution in [0.3, 0.4) is 0 Å². The van der Waals surface area contributed by atoms with Gasteiger partial charge in [0.05, 0.1) is 19.6 Å². The second-order valence-electron chi connectivity index (χ2n) is 7.90. The summed E-state index contributed by atoms with van der Waals surface area (Å²) in [6.07, 6.45) is 2.90. The predicted octanol–water partition coefficient (Wildman–Crippen LogP) is 4.36. The maximum absolute atomic E-state index is 13.5. The lowest BCUT2D eigenvalue weighted by molar-refractivity contribution is -0.149. The molecule has 0 bridgehead atoms. The van der Waals surface area contributed by atoms with Gasteiger partial charge < -0.3 is 19.1 Å². The molecule has 1 aliphatic rings. The first-order chi connectivity index (χ1) is 16.6. The summed E-state index contributed by atoms with van der Waals surface area (Å²) < 4.78 is 16.4. The highest BCUT2D eigenvalue weighted by Crippen LogP contribution is 2.29. The van der Waals surface area contributed by atoms with Crippen LogP contribution in [0.2, 0.25) is 0 Å². The number of likely N-dealkylation sites (tertiary alicyclic amines) is 1. The molecule has 1 atom stereocenters. The molecule has 0 saturated carbocycles. The molecule has 176 valence electrons. The van der Waals surface area contributed by atoms with Gasteiger partial charge in [-0.05, 0) is 56.2 Å². The molecule has 2 heterocycles. The van der Waals surface area contributed by atoms with E-state index in [0.29, 0.717) is 37.7 Å². The van der Waals surface area contributed by atoms with E-state index in [9.17, 15) is 9.59 Å². The number of carbonyl (C=O) groups is 2. The molecule has 1 aliphatic heterocycles. The third kappa shape index (κ3) is 5.33. The van der Waals surface area contributed by atoms with Crippen LogP contribution in [-0.4, -0.2) is 53.6 Å². The number of methoxy groups -OCH3 is 1. The second kappa shape index (κ2) is 10.8. The highest BCUT2D eigenvalue weighted by atomic mass is 16.5. The molecule has 2 aromatic carbocycles. The van der Waals surface area contributed by atoms with E-state index in [1.807, 2.05) is 42.5 Å². The van der Waals surface area contributed by atoms with E-state index < -0.39 is 0 Å². The molecule has 1 amide bonds. The van der Waals surface area contributed by atoms with Gasteiger partial charge in [0.25, 0.3) is 5.91 Å². The van der Waals surface area contributed by atoms with Crippen molar-refractivity contribution >= 4 is 11.9 Å². The molecule has 1 aromatic heterocycles. The molecular weight excluding hydrogens is 434 g/mol. The van der Waals surface area contributed by atoms with Crippen molar-refractivity contribution in [2.24, 2.45) is 5.92 Å². The van der Waals surface area contributed by atoms with Crippen molar-refractivity contribution in [1.29, 1.82) is 0 Å². The summed E-state index contributed by atoms with van der Waals surface area (Å²) in [4.78, 5) is 36.4. The summed E-state index contributed by atoms with van der Waals surface area (Å²) in [7, 11) is 1.60. The van der Waals surface area contributed by atoms with E-state index in [0.717, 1.165) is 17.7 Å². The Bertz CT molecular complexity index is 1130. The van der Waals surface area contributed by atoms with Gasteiger partial charge in [-0.15, -0.1) is 0 Å². The molecule has 3 aromatic rings. The first-order valence-electron chi connectivity index (χ1n) is 11.3. The number of ether oxygens (including phenoxy) is 3. The van der Waals surface area contributed by atoms with Gasteiger partial charge in [0.15, 0.2) is 5.82 Å². The molecule has 0 spiro atoms. The van der Waals surface area contributed by atoms with Gasteiger partial charge in [0.1, 0.15) is 17.1 Å². The highest BCUT2D eigenvalue weighted by molar-refractivity contribution is 5.96. The van der Waals surface area contributed by atoms with E-state index in [2.05, 4.69) is 9.97 Å². The number of esters is 1. The topological polar surface area (TPSA) is 90.9 Å². The lowest BCUT2D eigenvalue weighted by atomic mass is 9.97. The maximum Gasteiger partial charge on any atom is 0.310 e. The zero-order valence-corrected chi connectivity index (χ0v) is 19.3. The van der Waals surface area contributed by atoms with Crippen LogP contribution in [0.15, 0.2) is 60.8 Å². The summed E-state index contributed by atoms with van der Waals surface area (Å²) in [5.41, 5.74) is 1.00. The summed E-state index contributed by atoms with van der Waals surface area (Å²) >= 11 is 0. The number of piperidine rings is 1. The minimum absolute atomic E-state index is 0.162. The van der Waals surface area contributed by atoms with E-state index in [1.165, 1.54) is 6.20 Å². The van der Waals surface area contributed by atoms with Crippen molar-refractivity contribution in [2.75, 3.05) is 26.8 Å². The number of hydrogen-bond acceptors (Lipinski definition) is 7. The molecular formula is C26H27N3O5. The van der Waals surface area contributed by atoms with Crippen molar-refractivity contribution in [3.63, 3.8) is 0 Å². The molecule has 4 rings (SSSR count). The zero-order valence-electron chi connectivity index (χ0n) is 19.3. The SMILES string of the molecule is CCOC(=O)[C@@H]1CCCN(C(=O)c2cnc(-c3ccc(OC)cc3)nc2Oc2ccccc2)C1. The number of hydrogen-bond donors (Lipinski definition) is 0. The van der Waals surface area contributed by atoms with Crippen LogP contribution < -0.4 is 9.47 Å². The Balaban J connectivity index is 1.64. The number of rotatable bonds is 7. The van der Waals surface area contributed by atoms with Crippen LogP contribution in [0.5, 0.6) is 17.4 Å². The Morgan fingerprint density at radius 3 is 2.53 bits per heavy atom. The smallest absolute Gasteiger partial charge is 0.310 e. The van der Waals surface area contributed by atoms with E-state index in [-0.39, 0.29) is 29.2 Å². The third-order valence-electron chi connectivity index (χ3n) is 5.62. The number of amides is 1. The Morgan fingerprint density at radius 2 is 1.82 bits per heavy atom. The fourth-order valence-corrected chi connectivity index (χ4v) is 3.85. The third-order valence-corrected chi connectivity index (χ3v) is 5.62. The van der Waals surface area contributed by atoms with Crippen molar-refractivity contribution in [1.82, 2.24) is 14.9 Å². The van der Waals surface area contributed by atoms with Gasteiger partial charge in [-0.25, -0.2) is 4.98 Å². The minimum Gasteiger partial charge on any atom is -0.497 e. The van der Waals surface area contributed by atoms with E-state index >= 15 is 0 Å². The highest BCUT2D eigenvalue weighted by Gasteiger charge is 2.31. The number of aromatic nitrogens is 2. The van der Waals surface area contributed by atoms with Gasteiger partial charge in [0, 0.05) is 24.8 Å². The minimum atomic E-state index is -0.337. The molecule has 34 heavy (non-hydrogen) atoms. The Kier molecular flexibility index (Phi) is 7.37. The predicted molar refractivity (Wildman–Crippen MR) is 126 cm³/mol. The van der Waals surface area contributed by atoms with Crippen LogP contribution in [0.1, 0.15) is 30.1 Å². The standard InChI is InChI=1S/C26H27N3O5/c1-3-33-26(31)19-8-7-15-29(17-19)25(30)22-16-27-23(18-11-13-20(32-2)14-12-18)28-24(22)34-21-9-5-4-6-10-21/h4-6,9-14,16,19H,3,7-8,15,17H2,1-2H3/t19-/m1/s1. The first kappa shape index (κ1) is 23.2. The normalized spacial score (nSPS) is 15.5. The fourth-order valence-electron chi connectivity index (χ4n) is 3.85. The number of nitrogens with zero attached hydrogens (tertiary/aromatic N) is 3. The Labute approximate surface area is 198 Å². The Hall–Kier alpha value is -3.94. The van der Waals surface area contributed by atoms with Crippen molar-refractivity contribution < 1.29 is 23.8 Å². The van der Waals surface area contributed by atoms with Crippen LogP contribution in [0.4, 0.5) is 0 Å². The quantitative estimate of drug-likeness (QED) is 0.483. The molecule has 0 radical (unpaired) electrons. The number of carbonyl (C=O) groups excluding carboxylic acids is 2. The van der Waals surface area contributed by atoms with Gasteiger partial charge in [-0.3, -0.25) is 9.59 Å². The lowest BCUT2D eigenvalue weighted by Gasteiger charge is -2.31. The summed E-state index contributed by atoms with van der Waals surface area (Å²) in [5.74, 6) is 0.976. The molecule has 0 N–H and O–H groups in total. The summed E-state index contributed by atoms with van der Waals surface area (Å²) in [5, 5.41) is 0. The number of para-hydroxylation sites is 1. The molecule has 0 unspecified atom stereocenters. The van der Waals surface area contributed by atoms with Crippen molar-refractivity contribution in [3.8, 4) is 28.8 Å². The average Bonchev–Trinajstić information content (AvgIpc) is 2.89. The summed E-state index contributed by atoms with van der Waals surface area (Å²) in [6, 6.07) is 16.5. The van der Waals surface area contributed by atoms with Crippen molar-refractivity contribution in [3.05, 3.63) is 66.4 Å². The lowest BCUT2D eigenvalue weighted by Crippen LogP contribution is -2.43. The van der Waals surface area contributed by atoms with E-state index in [1.54, 1.807) is 31.1 Å². The van der Waals surface area contributed by atoms with Crippen LogP contribution in [-0.2, 0) is 9.53 Å². The maximum atomic E-state index is 13.5. The fraction of sp³-hybridized carbons (Fsp3) is 0.308. The monoisotopic (exact) mass is 461 g/mol. The Morgan fingerprint density at radius 1 is 1.06 bits per heavy atom. The van der Waals surface area contributed by atoms with Gasteiger partial charge in [-0.1, -0.05) is 18.2 Å². The summed E-state index contributed by atoms with van der Waals surface area (Å²) in [6.45, 7) is 2.93. The van der Waals surface area contributed by atoms with E-state index in [4.69, 9.17) is 14.2 Å². The molecule has 8 heteroatoms. The zero-order chi connectivity index (χ0) is 23.9. The molecule has 8 nitrogen and oxygen atoms in total. The largest absolute Gasteiger partial charge is 0.497 e. The van der Waals surface area contributed by atoms with Gasteiger partial charge in [-0.2, -0.15) is 4.98 Å². The van der Waals surface area contributed by atoms with Crippen LogP contribution in [0.25, 0.3) is 11.4 Å². The first-order valence-corrected chi connectivity index (χ1v) is 11.3. The second-order valence-corrected chi connectivity index (χ2v) is 7.90. The number of benzene rings is 2. The van der Waals surface area contributed by atoms with Crippen LogP contribution >= 0.6 is 0 Å². The molecule has 0 aliphatic carbocycles. The van der Waals surface area contributed by atoms with Gasteiger partial charge >= 0.3 is 5.97 Å². The molecule has 1 fully saturated rings. The average molecular weight is 462 g/mol. The molecule has 1 saturated heterocycles. The van der Waals surface area contributed by atoms with Crippen molar-refractivity contribution in [2.45, 2.75) is 19.8 Å². The van der Waals surface area contributed by atoms with Gasteiger partial charge in [0.2, 0.25) is 5.88 Å². The van der Waals surface area contributed by atoms with Crippen LogP contribution in [0, 0.1) is 5.92 Å².